The monoisotopic (exact) mass is 217 g/mol. The SMILES string of the molecule is CC(C)Cc1cccc(-n2cn[nH]c2=O)c1. The molecule has 0 aliphatic rings. The van der Waals surface area contributed by atoms with Gasteiger partial charge in [0, 0.05) is 0 Å². The average molecular weight is 217 g/mol. The van der Waals surface area contributed by atoms with Crippen molar-refractivity contribution in [1.29, 1.82) is 0 Å². The van der Waals surface area contributed by atoms with Crippen LogP contribution in [0.1, 0.15) is 19.4 Å². The summed E-state index contributed by atoms with van der Waals surface area (Å²) in [7, 11) is 0. The van der Waals surface area contributed by atoms with Crippen LogP contribution < -0.4 is 5.69 Å². The average Bonchev–Trinajstić information content (AvgIpc) is 2.64. The molecule has 0 aliphatic heterocycles. The molecule has 1 N–H and O–H groups in total. The molecule has 1 heterocycles. The van der Waals surface area contributed by atoms with E-state index in [1.807, 2.05) is 18.2 Å². The second-order valence-electron chi connectivity index (χ2n) is 4.30. The summed E-state index contributed by atoms with van der Waals surface area (Å²) in [6, 6.07) is 7.97. The van der Waals surface area contributed by atoms with Crippen LogP contribution in [0.3, 0.4) is 0 Å². The van der Waals surface area contributed by atoms with E-state index in [1.54, 1.807) is 0 Å². The first kappa shape index (κ1) is 10.7. The summed E-state index contributed by atoms with van der Waals surface area (Å²) in [5, 5.41) is 6.10. The van der Waals surface area contributed by atoms with E-state index >= 15 is 0 Å². The van der Waals surface area contributed by atoms with Gasteiger partial charge in [0.25, 0.3) is 0 Å². The third kappa shape index (κ3) is 2.21. The Kier molecular flexibility index (Phi) is 2.90. The van der Waals surface area contributed by atoms with Crippen LogP contribution in [0, 0.1) is 5.92 Å². The third-order valence-corrected chi connectivity index (χ3v) is 2.38. The first-order valence-electron chi connectivity index (χ1n) is 5.38. The van der Waals surface area contributed by atoms with Gasteiger partial charge in [0.2, 0.25) is 0 Å². The maximum atomic E-state index is 11.4. The quantitative estimate of drug-likeness (QED) is 0.851. The number of hydrogen-bond acceptors (Lipinski definition) is 2. The molecule has 0 radical (unpaired) electrons. The van der Waals surface area contributed by atoms with Gasteiger partial charge in [-0.25, -0.2) is 14.5 Å². The van der Waals surface area contributed by atoms with E-state index in [2.05, 4.69) is 30.1 Å². The molecule has 84 valence electrons. The molecular formula is C12H15N3O. The van der Waals surface area contributed by atoms with Gasteiger partial charge in [-0.2, -0.15) is 5.10 Å². The first-order chi connectivity index (χ1) is 7.66. The number of nitrogens with one attached hydrogen (secondary N) is 1. The minimum absolute atomic E-state index is 0.207. The normalized spacial score (nSPS) is 10.9. The number of H-pyrrole nitrogens is 1. The number of aromatic amines is 1. The highest BCUT2D eigenvalue weighted by molar-refractivity contribution is 5.35. The maximum Gasteiger partial charge on any atom is 0.347 e. The lowest BCUT2D eigenvalue weighted by atomic mass is 10.0. The number of nitrogens with zero attached hydrogens (tertiary/aromatic N) is 2. The molecule has 0 saturated heterocycles. The summed E-state index contributed by atoms with van der Waals surface area (Å²) in [5.74, 6) is 0.608. The minimum Gasteiger partial charge on any atom is -0.250 e. The topological polar surface area (TPSA) is 50.7 Å². The lowest BCUT2D eigenvalue weighted by Gasteiger charge is -2.07. The molecular weight excluding hydrogens is 202 g/mol. The molecule has 0 unspecified atom stereocenters. The molecule has 0 bridgehead atoms. The van der Waals surface area contributed by atoms with Gasteiger partial charge in [-0.1, -0.05) is 26.0 Å². The zero-order valence-corrected chi connectivity index (χ0v) is 9.47. The molecule has 4 nitrogen and oxygen atoms in total. The summed E-state index contributed by atoms with van der Waals surface area (Å²) in [4.78, 5) is 11.4. The van der Waals surface area contributed by atoms with Crippen molar-refractivity contribution in [2.45, 2.75) is 20.3 Å². The second kappa shape index (κ2) is 4.35. The lowest BCUT2D eigenvalue weighted by molar-refractivity contribution is 0.647. The van der Waals surface area contributed by atoms with E-state index in [0.29, 0.717) is 5.92 Å². The summed E-state index contributed by atoms with van der Waals surface area (Å²) >= 11 is 0. The lowest BCUT2D eigenvalue weighted by Crippen LogP contribution is -2.14. The highest BCUT2D eigenvalue weighted by Gasteiger charge is 2.03. The molecule has 2 aromatic rings. The summed E-state index contributed by atoms with van der Waals surface area (Å²) in [6.45, 7) is 4.35. The van der Waals surface area contributed by atoms with Crippen molar-refractivity contribution in [1.82, 2.24) is 14.8 Å². The van der Waals surface area contributed by atoms with Crippen LogP contribution in [-0.2, 0) is 6.42 Å². The molecule has 0 fully saturated rings. The number of rotatable bonds is 3. The van der Waals surface area contributed by atoms with Gasteiger partial charge in [-0.15, -0.1) is 0 Å². The van der Waals surface area contributed by atoms with Crippen LogP contribution in [0.5, 0.6) is 0 Å². The highest BCUT2D eigenvalue weighted by Crippen LogP contribution is 2.12. The summed E-state index contributed by atoms with van der Waals surface area (Å²) in [5.41, 5.74) is 1.89. The fraction of sp³-hybridized carbons (Fsp3) is 0.333. The Hall–Kier alpha value is -1.84. The van der Waals surface area contributed by atoms with E-state index in [1.165, 1.54) is 16.5 Å². The second-order valence-corrected chi connectivity index (χ2v) is 4.30. The highest BCUT2D eigenvalue weighted by atomic mass is 16.1. The Labute approximate surface area is 93.9 Å². The Morgan fingerprint density at radius 3 is 2.88 bits per heavy atom. The predicted octanol–water partition coefficient (Wildman–Crippen LogP) is 1.76. The third-order valence-electron chi connectivity index (χ3n) is 2.38. The van der Waals surface area contributed by atoms with Crippen LogP contribution in [0.15, 0.2) is 35.4 Å². The molecule has 1 aromatic heterocycles. The van der Waals surface area contributed by atoms with Crippen LogP contribution in [0.4, 0.5) is 0 Å². The van der Waals surface area contributed by atoms with Gasteiger partial charge < -0.3 is 0 Å². The van der Waals surface area contributed by atoms with Crippen LogP contribution in [-0.4, -0.2) is 14.8 Å². The maximum absolute atomic E-state index is 11.4. The zero-order chi connectivity index (χ0) is 11.5. The Morgan fingerprint density at radius 2 is 2.25 bits per heavy atom. The Morgan fingerprint density at radius 1 is 1.44 bits per heavy atom. The van der Waals surface area contributed by atoms with Gasteiger partial charge in [0.05, 0.1) is 5.69 Å². The van der Waals surface area contributed by atoms with Gasteiger partial charge in [0.1, 0.15) is 6.33 Å². The summed E-state index contributed by atoms with van der Waals surface area (Å²) in [6.07, 6.45) is 2.51. The van der Waals surface area contributed by atoms with Gasteiger partial charge in [-0.05, 0) is 30.0 Å². The molecule has 0 spiro atoms. The standard InChI is InChI=1S/C12H15N3O/c1-9(2)6-10-4-3-5-11(7-10)15-8-13-14-12(15)16/h3-5,7-9H,6H2,1-2H3,(H,14,16). The fourth-order valence-electron chi connectivity index (χ4n) is 1.74. The number of benzene rings is 1. The number of aromatic nitrogens is 3. The van der Waals surface area contributed by atoms with Crippen molar-refractivity contribution in [2.75, 3.05) is 0 Å². The van der Waals surface area contributed by atoms with E-state index < -0.39 is 0 Å². The van der Waals surface area contributed by atoms with E-state index in [4.69, 9.17) is 0 Å². The van der Waals surface area contributed by atoms with Gasteiger partial charge in [-0.3, -0.25) is 0 Å². The van der Waals surface area contributed by atoms with E-state index in [9.17, 15) is 4.79 Å². The molecule has 4 heteroatoms. The van der Waals surface area contributed by atoms with Crippen LogP contribution >= 0.6 is 0 Å². The van der Waals surface area contributed by atoms with Crippen LogP contribution in [0.25, 0.3) is 5.69 Å². The molecule has 2 rings (SSSR count). The van der Waals surface area contributed by atoms with Crippen molar-refractivity contribution in [3.63, 3.8) is 0 Å². The molecule has 16 heavy (non-hydrogen) atoms. The van der Waals surface area contributed by atoms with Gasteiger partial charge in [0.15, 0.2) is 0 Å². The first-order valence-corrected chi connectivity index (χ1v) is 5.38. The molecule has 0 amide bonds. The Bertz CT molecular complexity index is 525. The smallest absolute Gasteiger partial charge is 0.250 e. The van der Waals surface area contributed by atoms with Crippen molar-refractivity contribution >= 4 is 0 Å². The van der Waals surface area contributed by atoms with E-state index in [-0.39, 0.29) is 5.69 Å². The van der Waals surface area contributed by atoms with Crippen molar-refractivity contribution < 1.29 is 0 Å². The fourth-order valence-corrected chi connectivity index (χ4v) is 1.74. The van der Waals surface area contributed by atoms with Crippen LogP contribution in [0.2, 0.25) is 0 Å². The predicted molar refractivity (Wildman–Crippen MR) is 62.7 cm³/mol. The molecule has 0 atom stereocenters. The zero-order valence-electron chi connectivity index (χ0n) is 9.47. The molecule has 1 aromatic carbocycles. The Balaban J connectivity index is 2.36. The van der Waals surface area contributed by atoms with E-state index in [0.717, 1.165) is 12.1 Å². The summed E-state index contributed by atoms with van der Waals surface area (Å²) < 4.78 is 1.50. The minimum atomic E-state index is -0.207. The molecule has 0 aliphatic carbocycles. The van der Waals surface area contributed by atoms with Crippen molar-refractivity contribution in [2.24, 2.45) is 5.92 Å². The van der Waals surface area contributed by atoms with Crippen molar-refractivity contribution in [3.8, 4) is 5.69 Å². The number of hydrogen-bond donors (Lipinski definition) is 1. The molecule has 0 saturated carbocycles. The van der Waals surface area contributed by atoms with Gasteiger partial charge >= 0.3 is 5.69 Å². The van der Waals surface area contributed by atoms with Crippen molar-refractivity contribution in [3.05, 3.63) is 46.6 Å². The largest absolute Gasteiger partial charge is 0.347 e.